The Morgan fingerprint density at radius 3 is 2.66 bits per heavy atom. The highest BCUT2D eigenvalue weighted by atomic mass is 35.5. The molecule has 0 aliphatic heterocycles. The molecule has 8 heteroatoms. The van der Waals surface area contributed by atoms with Crippen LogP contribution in [0.4, 0.5) is 5.13 Å². The topological polar surface area (TPSA) is 84.2 Å². The minimum absolute atomic E-state index is 0.207. The van der Waals surface area contributed by atoms with Crippen molar-refractivity contribution in [2.24, 2.45) is 0 Å². The number of anilines is 1. The number of amides is 1. The Balaban J connectivity index is 1.65. The molecule has 0 bridgehead atoms. The summed E-state index contributed by atoms with van der Waals surface area (Å²) in [6, 6.07) is 14.2. The molecule has 6 nitrogen and oxygen atoms in total. The third-order valence-corrected chi connectivity index (χ3v) is 5.03. The first-order valence-electron chi connectivity index (χ1n) is 8.83. The van der Waals surface area contributed by atoms with Crippen LogP contribution in [-0.4, -0.2) is 24.1 Å². The van der Waals surface area contributed by atoms with Gasteiger partial charge in [-0.25, -0.2) is 4.98 Å². The van der Waals surface area contributed by atoms with Crippen molar-refractivity contribution in [2.75, 3.05) is 18.5 Å². The van der Waals surface area contributed by atoms with Crippen molar-refractivity contribution in [1.29, 1.82) is 5.26 Å². The molecule has 3 rings (SSSR count). The van der Waals surface area contributed by atoms with Gasteiger partial charge in [0.1, 0.15) is 0 Å². The van der Waals surface area contributed by atoms with E-state index < -0.39 is 0 Å². The predicted molar refractivity (Wildman–Crippen MR) is 114 cm³/mol. The number of nitrogens with zero attached hydrogens (tertiary/aromatic N) is 2. The molecule has 29 heavy (non-hydrogen) atoms. The molecule has 2 aromatic carbocycles. The quantitative estimate of drug-likeness (QED) is 0.569. The van der Waals surface area contributed by atoms with Crippen LogP contribution in [0, 0.1) is 18.3 Å². The summed E-state index contributed by atoms with van der Waals surface area (Å²) in [6.45, 7) is 3.99. The summed E-state index contributed by atoms with van der Waals surface area (Å²) < 4.78 is 11.1. The highest BCUT2D eigenvalue weighted by Crippen LogP contribution is 2.31. The van der Waals surface area contributed by atoms with Gasteiger partial charge in [-0.15, -0.1) is 11.3 Å². The molecule has 0 atom stereocenters. The van der Waals surface area contributed by atoms with E-state index in [2.05, 4.69) is 10.3 Å². The molecule has 0 aliphatic carbocycles. The lowest BCUT2D eigenvalue weighted by molar-refractivity contribution is -0.118. The molecule has 1 aromatic heterocycles. The van der Waals surface area contributed by atoms with Gasteiger partial charge in [-0.2, -0.15) is 5.26 Å². The average Bonchev–Trinajstić information content (AvgIpc) is 3.07. The van der Waals surface area contributed by atoms with Crippen LogP contribution in [0.1, 0.15) is 17.4 Å². The largest absolute Gasteiger partial charge is 0.490 e. The first-order chi connectivity index (χ1) is 14.0. The minimum Gasteiger partial charge on any atom is -0.490 e. The second kappa shape index (κ2) is 9.41. The van der Waals surface area contributed by atoms with Gasteiger partial charge >= 0.3 is 0 Å². The zero-order valence-corrected chi connectivity index (χ0v) is 17.4. The van der Waals surface area contributed by atoms with Gasteiger partial charge in [0.2, 0.25) is 0 Å². The normalized spacial score (nSPS) is 10.3. The third kappa shape index (κ3) is 5.25. The fourth-order valence-corrected chi connectivity index (χ4v) is 3.57. The summed E-state index contributed by atoms with van der Waals surface area (Å²) in [4.78, 5) is 17.8. The SMILES string of the molecule is CCOc1cc(C#N)ccc1OCC(=O)Nc1nc(-c2ccc(Cl)cc2)c(C)s1. The van der Waals surface area contributed by atoms with Crippen molar-refractivity contribution < 1.29 is 14.3 Å². The molecule has 1 amide bonds. The van der Waals surface area contributed by atoms with Gasteiger partial charge in [-0.05, 0) is 38.1 Å². The molecule has 1 N–H and O–H groups in total. The van der Waals surface area contributed by atoms with Crippen LogP contribution < -0.4 is 14.8 Å². The molecule has 148 valence electrons. The summed E-state index contributed by atoms with van der Waals surface area (Å²) in [7, 11) is 0. The van der Waals surface area contributed by atoms with E-state index >= 15 is 0 Å². The molecular formula is C21H18ClN3O3S. The predicted octanol–water partition coefficient (Wildman–Crippen LogP) is 5.06. The Kier molecular flexibility index (Phi) is 6.70. The Labute approximate surface area is 177 Å². The number of carbonyl (C=O) groups is 1. The monoisotopic (exact) mass is 427 g/mol. The van der Waals surface area contributed by atoms with Crippen LogP contribution in [0.5, 0.6) is 11.5 Å². The maximum atomic E-state index is 12.3. The van der Waals surface area contributed by atoms with E-state index in [9.17, 15) is 4.79 Å². The number of carbonyl (C=O) groups excluding carboxylic acids is 1. The molecule has 0 aliphatic rings. The number of hydrogen-bond donors (Lipinski definition) is 1. The second-order valence-corrected chi connectivity index (χ2v) is 7.61. The lowest BCUT2D eigenvalue weighted by Gasteiger charge is -2.11. The zero-order valence-electron chi connectivity index (χ0n) is 15.9. The summed E-state index contributed by atoms with van der Waals surface area (Å²) in [6.07, 6.45) is 0. The fraction of sp³-hybridized carbons (Fsp3) is 0.190. The van der Waals surface area contributed by atoms with Gasteiger partial charge in [-0.3, -0.25) is 10.1 Å². The van der Waals surface area contributed by atoms with Crippen LogP contribution in [0.3, 0.4) is 0 Å². The Morgan fingerprint density at radius 2 is 1.97 bits per heavy atom. The molecule has 3 aromatic rings. The number of rotatable bonds is 7. The van der Waals surface area contributed by atoms with E-state index in [0.717, 1.165) is 16.1 Å². The highest BCUT2D eigenvalue weighted by Gasteiger charge is 2.14. The van der Waals surface area contributed by atoms with Gasteiger partial charge in [-0.1, -0.05) is 23.7 Å². The van der Waals surface area contributed by atoms with Crippen molar-refractivity contribution in [1.82, 2.24) is 4.98 Å². The van der Waals surface area contributed by atoms with Gasteiger partial charge in [0, 0.05) is 21.5 Å². The number of nitriles is 1. The van der Waals surface area contributed by atoms with Crippen molar-refractivity contribution >= 4 is 34.0 Å². The molecule has 0 saturated heterocycles. The molecule has 0 spiro atoms. The number of ether oxygens (including phenoxy) is 2. The Morgan fingerprint density at radius 1 is 1.21 bits per heavy atom. The highest BCUT2D eigenvalue weighted by molar-refractivity contribution is 7.16. The van der Waals surface area contributed by atoms with Crippen LogP contribution in [0.15, 0.2) is 42.5 Å². The van der Waals surface area contributed by atoms with Gasteiger partial charge in [0.15, 0.2) is 23.2 Å². The van der Waals surface area contributed by atoms with Crippen molar-refractivity contribution in [3.8, 4) is 28.8 Å². The maximum absolute atomic E-state index is 12.3. The molecule has 1 heterocycles. The third-order valence-electron chi connectivity index (χ3n) is 3.89. The number of nitrogens with one attached hydrogen (secondary N) is 1. The summed E-state index contributed by atoms with van der Waals surface area (Å²) in [5.74, 6) is 0.487. The van der Waals surface area contributed by atoms with Crippen LogP contribution >= 0.6 is 22.9 Å². The lowest BCUT2D eigenvalue weighted by Crippen LogP contribution is -2.20. The Bertz CT molecular complexity index is 1060. The van der Waals surface area contributed by atoms with Crippen LogP contribution in [-0.2, 0) is 4.79 Å². The van der Waals surface area contributed by atoms with E-state index in [1.54, 1.807) is 30.3 Å². The van der Waals surface area contributed by atoms with Crippen LogP contribution in [0.25, 0.3) is 11.3 Å². The van der Waals surface area contributed by atoms with Gasteiger partial charge in [0.25, 0.3) is 5.91 Å². The standard InChI is InChI=1S/C21H18ClN3O3S/c1-3-27-18-10-14(11-23)4-9-17(18)28-12-19(26)24-21-25-20(13(2)29-21)15-5-7-16(22)8-6-15/h4-10H,3,12H2,1-2H3,(H,24,25,26). The van der Waals surface area contributed by atoms with E-state index in [0.29, 0.717) is 33.8 Å². The van der Waals surface area contributed by atoms with E-state index in [1.165, 1.54) is 11.3 Å². The molecule has 0 unspecified atom stereocenters. The molecule has 0 saturated carbocycles. The summed E-state index contributed by atoms with van der Waals surface area (Å²) in [5.41, 5.74) is 2.19. The van der Waals surface area contributed by atoms with Crippen molar-refractivity contribution in [2.45, 2.75) is 13.8 Å². The number of aromatic nitrogens is 1. The minimum atomic E-state index is -0.340. The van der Waals surface area contributed by atoms with E-state index in [1.807, 2.05) is 32.0 Å². The molecule has 0 radical (unpaired) electrons. The maximum Gasteiger partial charge on any atom is 0.264 e. The number of halogens is 1. The lowest BCUT2D eigenvalue weighted by atomic mass is 10.1. The van der Waals surface area contributed by atoms with Crippen molar-refractivity contribution in [3.63, 3.8) is 0 Å². The average molecular weight is 428 g/mol. The first kappa shape index (κ1) is 20.6. The molecular weight excluding hydrogens is 410 g/mol. The van der Waals surface area contributed by atoms with Crippen molar-refractivity contribution in [3.05, 3.63) is 57.9 Å². The van der Waals surface area contributed by atoms with Gasteiger partial charge < -0.3 is 9.47 Å². The van der Waals surface area contributed by atoms with Gasteiger partial charge in [0.05, 0.1) is 23.9 Å². The fourth-order valence-electron chi connectivity index (χ4n) is 2.59. The zero-order chi connectivity index (χ0) is 20.8. The van der Waals surface area contributed by atoms with E-state index in [4.69, 9.17) is 26.3 Å². The smallest absolute Gasteiger partial charge is 0.264 e. The second-order valence-electron chi connectivity index (χ2n) is 5.97. The molecule has 0 fully saturated rings. The number of hydrogen-bond acceptors (Lipinski definition) is 6. The Hall–Kier alpha value is -3.08. The first-order valence-corrected chi connectivity index (χ1v) is 10.0. The number of thiazole rings is 1. The van der Waals surface area contributed by atoms with Crippen LogP contribution in [0.2, 0.25) is 5.02 Å². The van der Waals surface area contributed by atoms with E-state index in [-0.39, 0.29) is 12.5 Å². The number of aryl methyl sites for hydroxylation is 1. The summed E-state index contributed by atoms with van der Waals surface area (Å²) in [5, 5.41) is 12.9. The summed E-state index contributed by atoms with van der Waals surface area (Å²) >= 11 is 7.32. The number of benzene rings is 2.